The van der Waals surface area contributed by atoms with E-state index < -0.39 is 0 Å². The number of pyridine rings is 1. The number of para-hydroxylation sites is 1. The van der Waals surface area contributed by atoms with Gasteiger partial charge in [-0.2, -0.15) is 5.21 Å². The van der Waals surface area contributed by atoms with Crippen molar-refractivity contribution in [3.8, 4) is 11.5 Å². The Morgan fingerprint density at radius 2 is 1.53 bits per heavy atom. The van der Waals surface area contributed by atoms with Crippen LogP contribution in [0.2, 0.25) is 0 Å². The Balaban J connectivity index is 2.22. The van der Waals surface area contributed by atoms with Crippen molar-refractivity contribution in [2.75, 3.05) is 0 Å². The predicted molar refractivity (Wildman–Crippen MR) is 72.4 cm³/mol. The van der Waals surface area contributed by atoms with Gasteiger partial charge in [0.2, 0.25) is 5.82 Å². The number of fused-ring (bicyclic) bond motifs is 3. The lowest BCUT2D eigenvalue weighted by atomic mass is 10.0. The van der Waals surface area contributed by atoms with Crippen LogP contribution in [-0.2, 0) is 0 Å². The van der Waals surface area contributed by atoms with Crippen LogP contribution in [0.3, 0.4) is 0 Å². The van der Waals surface area contributed by atoms with Gasteiger partial charge in [0.1, 0.15) is 5.69 Å². The number of rotatable bonds is 1. The van der Waals surface area contributed by atoms with Crippen molar-refractivity contribution in [3.05, 3.63) is 48.5 Å². The van der Waals surface area contributed by atoms with E-state index in [1.165, 1.54) is 0 Å². The van der Waals surface area contributed by atoms with E-state index in [-0.39, 0.29) is 0 Å². The summed E-state index contributed by atoms with van der Waals surface area (Å²) < 4.78 is 0. The minimum Gasteiger partial charge on any atom is -0.244 e. The zero-order chi connectivity index (χ0) is 12.7. The Morgan fingerprint density at radius 1 is 0.789 bits per heavy atom. The Hall–Kier alpha value is -2.82. The maximum Gasteiger partial charge on any atom is 0.223 e. The molecule has 0 aliphatic heterocycles. The Kier molecular flexibility index (Phi) is 2.05. The normalized spacial score (nSPS) is 11.2. The standard InChI is InChI=1S/C14H9N5/c1-2-7-11-9(5-1)10-6-3-4-8-12(10)15-13(11)14-16-18-19-17-14/h1-8H,(H,16,17,18,19). The summed E-state index contributed by atoms with van der Waals surface area (Å²) in [5, 5.41) is 17.5. The largest absolute Gasteiger partial charge is 0.244 e. The molecule has 0 saturated carbocycles. The molecule has 0 spiro atoms. The van der Waals surface area contributed by atoms with Gasteiger partial charge in [0.15, 0.2) is 0 Å². The fourth-order valence-corrected chi connectivity index (χ4v) is 2.34. The molecule has 1 N–H and O–H groups in total. The first-order valence-corrected chi connectivity index (χ1v) is 5.95. The van der Waals surface area contributed by atoms with Gasteiger partial charge in [-0.25, -0.2) is 4.98 Å². The average Bonchev–Trinajstić information content (AvgIpc) is 3.00. The molecule has 5 heteroatoms. The maximum atomic E-state index is 4.66. The molecule has 0 bridgehead atoms. The van der Waals surface area contributed by atoms with Crippen molar-refractivity contribution < 1.29 is 0 Å². The number of aromatic nitrogens is 5. The van der Waals surface area contributed by atoms with Crippen LogP contribution in [0.25, 0.3) is 33.2 Å². The molecule has 2 heterocycles. The number of tetrazole rings is 1. The second-order valence-electron chi connectivity index (χ2n) is 4.26. The summed E-state index contributed by atoms with van der Waals surface area (Å²) in [5.74, 6) is 0.516. The molecule has 0 aliphatic rings. The van der Waals surface area contributed by atoms with Crippen LogP contribution in [0.5, 0.6) is 0 Å². The third-order valence-electron chi connectivity index (χ3n) is 3.17. The number of hydrogen-bond donors (Lipinski definition) is 1. The van der Waals surface area contributed by atoms with E-state index in [0.29, 0.717) is 5.82 Å². The highest BCUT2D eigenvalue weighted by Gasteiger charge is 2.12. The molecule has 0 atom stereocenters. The van der Waals surface area contributed by atoms with Crippen LogP contribution < -0.4 is 0 Å². The number of hydrogen-bond acceptors (Lipinski definition) is 4. The van der Waals surface area contributed by atoms with E-state index in [2.05, 4.69) is 37.7 Å². The first-order valence-electron chi connectivity index (χ1n) is 5.95. The average molecular weight is 247 g/mol. The van der Waals surface area contributed by atoms with Gasteiger partial charge in [-0.15, -0.1) is 10.2 Å². The number of H-pyrrole nitrogens is 1. The lowest BCUT2D eigenvalue weighted by Gasteiger charge is -2.06. The highest BCUT2D eigenvalue weighted by Crippen LogP contribution is 2.29. The number of nitrogens with one attached hydrogen (secondary N) is 1. The molecule has 0 amide bonds. The second kappa shape index (κ2) is 3.84. The minimum atomic E-state index is 0.516. The van der Waals surface area contributed by atoms with E-state index in [1.807, 2.05) is 36.4 Å². The quantitative estimate of drug-likeness (QED) is 0.525. The molecule has 4 rings (SSSR count). The summed E-state index contributed by atoms with van der Waals surface area (Å²) in [7, 11) is 0. The summed E-state index contributed by atoms with van der Waals surface area (Å²) in [6.45, 7) is 0. The van der Waals surface area contributed by atoms with Gasteiger partial charge in [0, 0.05) is 10.8 Å². The highest BCUT2D eigenvalue weighted by molar-refractivity contribution is 6.10. The summed E-state index contributed by atoms with van der Waals surface area (Å²) in [6.07, 6.45) is 0. The van der Waals surface area contributed by atoms with E-state index in [0.717, 1.165) is 27.4 Å². The molecule has 0 aliphatic carbocycles. The Bertz CT molecular complexity index is 867. The van der Waals surface area contributed by atoms with Crippen molar-refractivity contribution in [2.45, 2.75) is 0 Å². The van der Waals surface area contributed by atoms with E-state index in [9.17, 15) is 0 Å². The zero-order valence-electron chi connectivity index (χ0n) is 9.91. The van der Waals surface area contributed by atoms with Crippen molar-refractivity contribution in [2.24, 2.45) is 0 Å². The van der Waals surface area contributed by atoms with E-state index in [1.54, 1.807) is 0 Å². The summed E-state index contributed by atoms with van der Waals surface area (Å²) in [5.41, 5.74) is 1.68. The van der Waals surface area contributed by atoms with Crippen molar-refractivity contribution in [1.29, 1.82) is 0 Å². The highest BCUT2D eigenvalue weighted by atomic mass is 15.5. The van der Waals surface area contributed by atoms with Gasteiger partial charge < -0.3 is 0 Å². The molecule has 0 radical (unpaired) electrons. The first-order chi connectivity index (χ1) is 9.43. The van der Waals surface area contributed by atoms with Crippen molar-refractivity contribution in [3.63, 3.8) is 0 Å². The van der Waals surface area contributed by atoms with Gasteiger partial charge in [0.25, 0.3) is 0 Å². The first kappa shape index (κ1) is 10.1. The molecular formula is C14H9N5. The summed E-state index contributed by atoms with van der Waals surface area (Å²) >= 11 is 0. The van der Waals surface area contributed by atoms with E-state index in [4.69, 9.17) is 0 Å². The molecule has 4 aromatic rings. The molecule has 0 saturated heterocycles. The van der Waals surface area contributed by atoms with Crippen LogP contribution in [0.4, 0.5) is 0 Å². The van der Waals surface area contributed by atoms with Gasteiger partial charge in [-0.1, -0.05) is 42.5 Å². The lowest BCUT2D eigenvalue weighted by molar-refractivity contribution is 0.881. The van der Waals surface area contributed by atoms with E-state index >= 15 is 0 Å². The third kappa shape index (κ3) is 1.48. The van der Waals surface area contributed by atoms with Crippen LogP contribution in [0.1, 0.15) is 0 Å². The zero-order valence-corrected chi connectivity index (χ0v) is 9.91. The number of nitrogens with zero attached hydrogens (tertiary/aromatic N) is 4. The Morgan fingerprint density at radius 3 is 2.32 bits per heavy atom. The fourth-order valence-electron chi connectivity index (χ4n) is 2.34. The Labute approximate surface area is 108 Å². The topological polar surface area (TPSA) is 67.3 Å². The molecule has 0 unspecified atom stereocenters. The van der Waals surface area contributed by atoms with Crippen molar-refractivity contribution >= 4 is 21.7 Å². The third-order valence-corrected chi connectivity index (χ3v) is 3.17. The molecule has 90 valence electrons. The van der Waals surface area contributed by atoms with Gasteiger partial charge in [-0.05, 0) is 16.7 Å². The van der Waals surface area contributed by atoms with Crippen molar-refractivity contribution in [1.82, 2.24) is 25.6 Å². The van der Waals surface area contributed by atoms with Crippen LogP contribution in [0.15, 0.2) is 48.5 Å². The second-order valence-corrected chi connectivity index (χ2v) is 4.26. The van der Waals surface area contributed by atoms with Gasteiger partial charge in [0.05, 0.1) is 5.52 Å². The van der Waals surface area contributed by atoms with Crippen LogP contribution in [-0.4, -0.2) is 25.6 Å². The SMILES string of the molecule is c1ccc2c(c1)nc(-c1nn[nH]n1)c1ccccc12. The predicted octanol–water partition coefficient (Wildman–Crippen LogP) is 2.57. The maximum absolute atomic E-state index is 4.66. The molecule has 0 fully saturated rings. The molecular weight excluding hydrogens is 238 g/mol. The summed E-state index contributed by atoms with van der Waals surface area (Å²) in [4.78, 5) is 4.66. The monoisotopic (exact) mass is 247 g/mol. The molecule has 2 aromatic heterocycles. The minimum absolute atomic E-state index is 0.516. The van der Waals surface area contributed by atoms with Crippen LogP contribution >= 0.6 is 0 Å². The lowest BCUT2D eigenvalue weighted by Crippen LogP contribution is -1.91. The van der Waals surface area contributed by atoms with Gasteiger partial charge >= 0.3 is 0 Å². The molecule has 2 aromatic carbocycles. The number of benzene rings is 2. The summed E-state index contributed by atoms with van der Waals surface area (Å²) in [6, 6.07) is 16.2. The molecule has 19 heavy (non-hydrogen) atoms. The van der Waals surface area contributed by atoms with Gasteiger partial charge in [-0.3, -0.25) is 0 Å². The fraction of sp³-hybridized carbons (Fsp3) is 0. The smallest absolute Gasteiger partial charge is 0.223 e. The van der Waals surface area contributed by atoms with Crippen LogP contribution in [0, 0.1) is 0 Å². The molecule has 5 nitrogen and oxygen atoms in total. The number of aromatic amines is 1.